The number of nitrogens with one attached hydrogen (secondary N) is 3. The van der Waals surface area contributed by atoms with Crippen LogP contribution in [0.4, 0.5) is 5.69 Å². The van der Waals surface area contributed by atoms with Gasteiger partial charge in [-0.3, -0.25) is 4.79 Å². The van der Waals surface area contributed by atoms with Crippen molar-refractivity contribution >= 4 is 22.6 Å². The van der Waals surface area contributed by atoms with E-state index in [0.29, 0.717) is 36.1 Å². The van der Waals surface area contributed by atoms with Crippen molar-refractivity contribution in [3.05, 3.63) is 28.7 Å². The summed E-state index contributed by atoms with van der Waals surface area (Å²) >= 11 is 0. The van der Waals surface area contributed by atoms with Crippen LogP contribution in [0, 0.1) is 5.41 Å². The van der Waals surface area contributed by atoms with Gasteiger partial charge in [0.25, 0.3) is 0 Å². The van der Waals surface area contributed by atoms with E-state index in [1.54, 1.807) is 18.2 Å². The van der Waals surface area contributed by atoms with Gasteiger partial charge < -0.3 is 21.0 Å². The molecule has 1 heterocycles. The lowest BCUT2D eigenvalue weighted by molar-refractivity contribution is -0.125. The molecule has 0 unspecified atom stereocenters. The fraction of sp³-hybridized carbons (Fsp3) is 0.429. The summed E-state index contributed by atoms with van der Waals surface area (Å²) in [5.74, 6) is -0.0813. The SMILES string of the molecule is CCC(CC)(CN)C(=O)Nc1ccc2[nH]c(=O)[nH]c2c1. The number of anilines is 1. The zero-order chi connectivity index (χ0) is 14.8. The summed E-state index contributed by atoms with van der Waals surface area (Å²) in [5, 5.41) is 2.88. The molecule has 0 spiro atoms. The molecule has 2 rings (SSSR count). The van der Waals surface area contributed by atoms with Crippen LogP contribution in [0.15, 0.2) is 23.0 Å². The minimum Gasteiger partial charge on any atom is -0.329 e. The van der Waals surface area contributed by atoms with Crippen molar-refractivity contribution < 1.29 is 4.79 Å². The van der Waals surface area contributed by atoms with Gasteiger partial charge in [-0.2, -0.15) is 0 Å². The van der Waals surface area contributed by atoms with Crippen LogP contribution in [-0.4, -0.2) is 22.4 Å². The number of carbonyl (C=O) groups is 1. The molecule has 1 aromatic carbocycles. The van der Waals surface area contributed by atoms with Crippen LogP contribution in [0.1, 0.15) is 26.7 Å². The van der Waals surface area contributed by atoms with Crippen LogP contribution in [-0.2, 0) is 4.79 Å². The smallest absolute Gasteiger partial charge is 0.323 e. The number of imidazole rings is 1. The molecular weight excluding hydrogens is 256 g/mol. The lowest BCUT2D eigenvalue weighted by Crippen LogP contribution is -2.41. The predicted octanol–water partition coefficient (Wildman–Crippen LogP) is 1.56. The summed E-state index contributed by atoms with van der Waals surface area (Å²) in [7, 11) is 0. The number of rotatable bonds is 5. The molecule has 20 heavy (non-hydrogen) atoms. The molecular formula is C14H20N4O2. The Kier molecular flexibility index (Phi) is 3.94. The fourth-order valence-electron chi connectivity index (χ4n) is 2.33. The molecule has 0 aliphatic heterocycles. The van der Waals surface area contributed by atoms with E-state index in [1.807, 2.05) is 13.8 Å². The second kappa shape index (κ2) is 5.50. The molecule has 0 radical (unpaired) electrons. The largest absolute Gasteiger partial charge is 0.329 e. The van der Waals surface area contributed by atoms with E-state index in [2.05, 4.69) is 15.3 Å². The van der Waals surface area contributed by atoms with Crippen LogP contribution in [0.25, 0.3) is 11.0 Å². The number of H-pyrrole nitrogens is 2. The van der Waals surface area contributed by atoms with Gasteiger partial charge in [0.05, 0.1) is 16.4 Å². The molecule has 0 aliphatic carbocycles. The highest BCUT2D eigenvalue weighted by Crippen LogP contribution is 2.27. The summed E-state index contributed by atoms with van der Waals surface area (Å²) in [4.78, 5) is 28.9. The van der Waals surface area contributed by atoms with Crippen molar-refractivity contribution in [1.29, 1.82) is 0 Å². The van der Waals surface area contributed by atoms with Gasteiger partial charge in [-0.05, 0) is 31.0 Å². The van der Waals surface area contributed by atoms with Gasteiger partial charge in [-0.15, -0.1) is 0 Å². The summed E-state index contributed by atoms with van der Waals surface area (Å²) in [6.07, 6.45) is 1.38. The molecule has 6 nitrogen and oxygen atoms in total. The van der Waals surface area contributed by atoms with Crippen molar-refractivity contribution in [3.63, 3.8) is 0 Å². The number of hydrogen-bond donors (Lipinski definition) is 4. The van der Waals surface area contributed by atoms with Crippen molar-refractivity contribution in [1.82, 2.24) is 9.97 Å². The molecule has 0 saturated carbocycles. The number of benzene rings is 1. The van der Waals surface area contributed by atoms with E-state index in [4.69, 9.17) is 5.73 Å². The first kappa shape index (κ1) is 14.3. The molecule has 1 amide bonds. The third-order valence-corrected chi connectivity index (χ3v) is 4.00. The lowest BCUT2D eigenvalue weighted by atomic mass is 9.81. The van der Waals surface area contributed by atoms with Crippen LogP contribution >= 0.6 is 0 Å². The molecule has 0 atom stereocenters. The highest BCUT2D eigenvalue weighted by molar-refractivity contribution is 5.96. The Morgan fingerprint density at radius 1 is 1.25 bits per heavy atom. The average molecular weight is 276 g/mol. The van der Waals surface area contributed by atoms with Gasteiger partial charge in [0.2, 0.25) is 5.91 Å². The molecule has 6 heteroatoms. The Morgan fingerprint density at radius 3 is 2.50 bits per heavy atom. The molecule has 2 aromatic rings. The summed E-state index contributed by atoms with van der Waals surface area (Å²) in [5.41, 5.74) is 6.99. The second-order valence-corrected chi connectivity index (χ2v) is 4.99. The third kappa shape index (κ3) is 2.46. The van der Waals surface area contributed by atoms with Crippen molar-refractivity contribution in [2.24, 2.45) is 11.1 Å². The highest BCUT2D eigenvalue weighted by Gasteiger charge is 2.33. The maximum absolute atomic E-state index is 12.4. The minimum absolute atomic E-state index is 0.0813. The topological polar surface area (TPSA) is 104 Å². The normalized spacial score (nSPS) is 11.8. The first-order valence-electron chi connectivity index (χ1n) is 6.78. The number of hydrogen-bond acceptors (Lipinski definition) is 3. The van der Waals surface area contributed by atoms with Crippen molar-refractivity contribution in [2.45, 2.75) is 26.7 Å². The van der Waals surface area contributed by atoms with E-state index in [-0.39, 0.29) is 11.6 Å². The number of aromatic nitrogens is 2. The van der Waals surface area contributed by atoms with Gasteiger partial charge >= 0.3 is 5.69 Å². The van der Waals surface area contributed by atoms with Gasteiger partial charge in [-0.25, -0.2) is 4.79 Å². The predicted molar refractivity (Wildman–Crippen MR) is 79.6 cm³/mol. The van der Waals surface area contributed by atoms with E-state index in [9.17, 15) is 9.59 Å². The van der Waals surface area contributed by atoms with E-state index >= 15 is 0 Å². The van der Waals surface area contributed by atoms with E-state index in [0.717, 1.165) is 0 Å². The van der Waals surface area contributed by atoms with Crippen LogP contribution in [0.3, 0.4) is 0 Å². The first-order valence-corrected chi connectivity index (χ1v) is 6.78. The van der Waals surface area contributed by atoms with Crippen molar-refractivity contribution in [2.75, 3.05) is 11.9 Å². The average Bonchev–Trinajstić information content (AvgIpc) is 2.81. The van der Waals surface area contributed by atoms with Gasteiger partial charge in [0.1, 0.15) is 0 Å². The second-order valence-electron chi connectivity index (χ2n) is 4.99. The van der Waals surface area contributed by atoms with Gasteiger partial charge in [-0.1, -0.05) is 13.8 Å². The van der Waals surface area contributed by atoms with Crippen LogP contribution in [0.2, 0.25) is 0 Å². The number of nitrogens with two attached hydrogens (primary N) is 1. The zero-order valence-electron chi connectivity index (χ0n) is 11.7. The standard InChI is InChI=1S/C14H20N4O2/c1-3-14(4-2,8-15)12(19)16-9-5-6-10-11(7-9)18-13(20)17-10/h5-7H,3-4,8,15H2,1-2H3,(H,16,19)(H2,17,18,20). The van der Waals surface area contributed by atoms with Crippen LogP contribution in [0.5, 0.6) is 0 Å². The molecule has 0 aliphatic rings. The van der Waals surface area contributed by atoms with E-state index in [1.165, 1.54) is 0 Å². The molecule has 0 fully saturated rings. The van der Waals surface area contributed by atoms with Crippen LogP contribution < -0.4 is 16.7 Å². The highest BCUT2D eigenvalue weighted by atomic mass is 16.2. The molecule has 1 aromatic heterocycles. The molecule has 0 bridgehead atoms. The Hall–Kier alpha value is -2.08. The summed E-state index contributed by atoms with van der Waals surface area (Å²) in [6.45, 7) is 4.24. The summed E-state index contributed by atoms with van der Waals surface area (Å²) in [6, 6.07) is 5.25. The number of carbonyl (C=O) groups excluding carboxylic acids is 1. The zero-order valence-corrected chi connectivity index (χ0v) is 11.7. The molecule has 108 valence electrons. The monoisotopic (exact) mass is 276 g/mol. The Balaban J connectivity index is 2.27. The summed E-state index contributed by atoms with van der Waals surface area (Å²) < 4.78 is 0. The number of amides is 1. The van der Waals surface area contributed by atoms with Gasteiger partial charge in [0, 0.05) is 12.2 Å². The number of fused-ring (bicyclic) bond motifs is 1. The lowest BCUT2D eigenvalue weighted by Gasteiger charge is -2.28. The Morgan fingerprint density at radius 2 is 1.90 bits per heavy atom. The van der Waals surface area contributed by atoms with Gasteiger partial charge in [0.15, 0.2) is 0 Å². The first-order chi connectivity index (χ1) is 9.54. The Bertz CT molecular complexity index is 659. The number of aromatic amines is 2. The minimum atomic E-state index is -0.541. The quantitative estimate of drug-likeness (QED) is 0.666. The Labute approximate surface area is 116 Å². The fourth-order valence-corrected chi connectivity index (χ4v) is 2.33. The van der Waals surface area contributed by atoms with Crippen molar-refractivity contribution in [3.8, 4) is 0 Å². The molecule has 0 saturated heterocycles. The maximum atomic E-state index is 12.4. The third-order valence-electron chi connectivity index (χ3n) is 4.00. The maximum Gasteiger partial charge on any atom is 0.323 e. The van der Waals surface area contributed by atoms with E-state index < -0.39 is 5.41 Å². The molecule has 5 N–H and O–H groups in total.